The first-order valence-corrected chi connectivity index (χ1v) is 12.4. The summed E-state index contributed by atoms with van der Waals surface area (Å²) < 4.78 is 13.7. The Balaban J connectivity index is 1.35. The standard InChI is InChI=1S/C27H38ClF/c1-2-3-4-5-6-7-8-9-21-10-12-22(13-11-21)23-14-16-24(17-15-23)25-18-19-26(28)27(29)20-25/h14,16-23H,2-13,15H2,1H3/t21-,22-,23?. The fourth-order valence-corrected chi connectivity index (χ4v) is 5.29. The zero-order valence-electron chi connectivity index (χ0n) is 18.1. The van der Waals surface area contributed by atoms with Gasteiger partial charge in [-0.2, -0.15) is 0 Å². The fraction of sp³-hybridized carbons (Fsp3) is 0.630. The second-order valence-electron chi connectivity index (χ2n) is 9.24. The Bertz CT molecular complexity index is 682. The summed E-state index contributed by atoms with van der Waals surface area (Å²) in [5, 5.41) is 0.195. The normalized spacial score (nSPS) is 24.5. The lowest BCUT2D eigenvalue weighted by Gasteiger charge is -2.33. The average Bonchev–Trinajstić information content (AvgIpc) is 2.76. The third-order valence-electron chi connectivity index (χ3n) is 7.10. The van der Waals surface area contributed by atoms with Gasteiger partial charge in [0.25, 0.3) is 0 Å². The Morgan fingerprint density at radius 2 is 1.69 bits per heavy atom. The van der Waals surface area contributed by atoms with E-state index in [2.05, 4.69) is 25.2 Å². The molecule has 2 aliphatic rings. The lowest BCUT2D eigenvalue weighted by molar-refractivity contribution is 0.218. The average molecular weight is 417 g/mol. The Hall–Kier alpha value is -1.08. The van der Waals surface area contributed by atoms with Crippen molar-refractivity contribution < 1.29 is 4.39 Å². The van der Waals surface area contributed by atoms with Crippen LogP contribution in [0.25, 0.3) is 5.57 Å². The van der Waals surface area contributed by atoms with Gasteiger partial charge in [0.05, 0.1) is 5.02 Å². The highest BCUT2D eigenvalue weighted by molar-refractivity contribution is 6.30. The van der Waals surface area contributed by atoms with Crippen molar-refractivity contribution in [3.8, 4) is 0 Å². The summed E-state index contributed by atoms with van der Waals surface area (Å²) >= 11 is 5.81. The molecule has 0 nitrogen and oxygen atoms in total. The summed E-state index contributed by atoms with van der Waals surface area (Å²) in [5.41, 5.74) is 2.06. The molecule has 29 heavy (non-hydrogen) atoms. The highest BCUT2D eigenvalue weighted by Gasteiger charge is 2.26. The molecule has 3 rings (SSSR count). The maximum Gasteiger partial charge on any atom is 0.142 e. The van der Waals surface area contributed by atoms with E-state index in [1.54, 1.807) is 12.1 Å². The van der Waals surface area contributed by atoms with E-state index in [1.165, 1.54) is 77.0 Å². The van der Waals surface area contributed by atoms with Gasteiger partial charge in [-0.15, -0.1) is 0 Å². The Kier molecular flexibility index (Phi) is 9.31. The number of unbranched alkanes of at least 4 members (excludes halogenated alkanes) is 6. The summed E-state index contributed by atoms with van der Waals surface area (Å²) in [7, 11) is 0. The minimum Gasteiger partial charge on any atom is -0.205 e. The van der Waals surface area contributed by atoms with Crippen molar-refractivity contribution in [2.24, 2.45) is 17.8 Å². The quantitative estimate of drug-likeness (QED) is 0.333. The van der Waals surface area contributed by atoms with E-state index in [1.807, 2.05) is 6.07 Å². The predicted molar refractivity (Wildman–Crippen MR) is 125 cm³/mol. The first-order valence-electron chi connectivity index (χ1n) is 12.0. The molecule has 0 saturated heterocycles. The van der Waals surface area contributed by atoms with Gasteiger partial charge in [0.2, 0.25) is 0 Å². The summed E-state index contributed by atoms with van der Waals surface area (Å²) in [5.74, 6) is 2.13. The second kappa shape index (κ2) is 11.9. The largest absolute Gasteiger partial charge is 0.205 e. The van der Waals surface area contributed by atoms with Crippen LogP contribution in [0.3, 0.4) is 0 Å². The van der Waals surface area contributed by atoms with Crippen LogP contribution in [0, 0.1) is 23.6 Å². The van der Waals surface area contributed by atoms with Crippen LogP contribution in [0.5, 0.6) is 0 Å². The summed E-state index contributed by atoms with van der Waals surface area (Å²) in [4.78, 5) is 0. The molecular weight excluding hydrogens is 379 g/mol. The van der Waals surface area contributed by atoms with Crippen molar-refractivity contribution in [3.05, 3.63) is 52.8 Å². The molecule has 0 N–H and O–H groups in total. The Morgan fingerprint density at radius 1 is 0.966 bits per heavy atom. The molecule has 0 radical (unpaired) electrons. The first-order chi connectivity index (χ1) is 14.2. The van der Waals surface area contributed by atoms with Crippen LogP contribution >= 0.6 is 11.6 Å². The number of hydrogen-bond acceptors (Lipinski definition) is 0. The van der Waals surface area contributed by atoms with E-state index >= 15 is 0 Å². The summed E-state index contributed by atoms with van der Waals surface area (Å²) in [6.07, 6.45) is 24.9. The zero-order chi connectivity index (χ0) is 20.5. The molecule has 0 bridgehead atoms. The van der Waals surface area contributed by atoms with Crippen LogP contribution in [-0.4, -0.2) is 0 Å². The van der Waals surface area contributed by atoms with Crippen LogP contribution in [0.4, 0.5) is 4.39 Å². The van der Waals surface area contributed by atoms with Gasteiger partial charge in [-0.25, -0.2) is 4.39 Å². The topological polar surface area (TPSA) is 0 Å². The molecule has 2 aliphatic carbocycles. The molecule has 1 atom stereocenters. The van der Waals surface area contributed by atoms with Gasteiger partial charge in [0, 0.05) is 0 Å². The number of halogens is 2. The van der Waals surface area contributed by atoms with Crippen molar-refractivity contribution in [1.29, 1.82) is 0 Å². The Morgan fingerprint density at radius 3 is 2.34 bits per heavy atom. The minimum absolute atomic E-state index is 0.195. The lowest BCUT2D eigenvalue weighted by atomic mass is 9.72. The molecule has 160 valence electrons. The molecule has 1 saturated carbocycles. The van der Waals surface area contributed by atoms with Gasteiger partial charge < -0.3 is 0 Å². The van der Waals surface area contributed by atoms with Crippen LogP contribution in [0.15, 0.2) is 36.4 Å². The van der Waals surface area contributed by atoms with Crippen molar-refractivity contribution >= 4 is 17.2 Å². The number of rotatable bonds is 10. The SMILES string of the molecule is CCCCCCCCC[C@H]1CC[C@H](C2C=CC(c3ccc(Cl)c(F)c3)=CC2)CC1. The lowest BCUT2D eigenvalue weighted by Crippen LogP contribution is -2.21. The van der Waals surface area contributed by atoms with E-state index in [0.717, 1.165) is 29.4 Å². The molecule has 2 heteroatoms. The van der Waals surface area contributed by atoms with Crippen LogP contribution in [0.1, 0.15) is 96.0 Å². The third kappa shape index (κ3) is 6.99. The second-order valence-corrected chi connectivity index (χ2v) is 9.65. The molecule has 0 aliphatic heterocycles. The van der Waals surface area contributed by atoms with Gasteiger partial charge in [0.15, 0.2) is 0 Å². The molecule has 0 heterocycles. The monoisotopic (exact) mass is 416 g/mol. The predicted octanol–water partition coefficient (Wildman–Crippen LogP) is 9.39. The Labute approximate surface area is 182 Å². The maximum absolute atomic E-state index is 13.7. The fourth-order valence-electron chi connectivity index (χ4n) is 5.17. The van der Waals surface area contributed by atoms with Crippen molar-refractivity contribution in [2.45, 2.75) is 90.4 Å². The van der Waals surface area contributed by atoms with Crippen LogP contribution in [0.2, 0.25) is 5.02 Å². The molecule has 0 aromatic heterocycles. The van der Waals surface area contributed by atoms with Gasteiger partial charge in [-0.3, -0.25) is 0 Å². The van der Waals surface area contributed by atoms with Gasteiger partial charge >= 0.3 is 0 Å². The van der Waals surface area contributed by atoms with Crippen LogP contribution in [-0.2, 0) is 0 Å². The van der Waals surface area contributed by atoms with Gasteiger partial charge in [-0.1, -0.05) is 107 Å². The van der Waals surface area contributed by atoms with Crippen molar-refractivity contribution in [3.63, 3.8) is 0 Å². The molecule has 1 aromatic carbocycles. The van der Waals surface area contributed by atoms with Crippen molar-refractivity contribution in [1.82, 2.24) is 0 Å². The smallest absolute Gasteiger partial charge is 0.142 e. The number of allylic oxidation sites excluding steroid dienone is 4. The van der Waals surface area contributed by atoms with E-state index in [9.17, 15) is 4.39 Å². The first kappa shape index (κ1) is 22.6. The number of benzene rings is 1. The maximum atomic E-state index is 13.7. The van der Waals surface area contributed by atoms with Gasteiger partial charge in [-0.05, 0) is 60.3 Å². The number of hydrogen-bond donors (Lipinski definition) is 0. The molecule has 1 aromatic rings. The molecule has 1 unspecified atom stereocenters. The zero-order valence-corrected chi connectivity index (χ0v) is 18.9. The van der Waals surface area contributed by atoms with E-state index in [-0.39, 0.29) is 10.8 Å². The molecule has 0 amide bonds. The minimum atomic E-state index is -0.333. The highest BCUT2D eigenvalue weighted by atomic mass is 35.5. The highest BCUT2D eigenvalue weighted by Crippen LogP contribution is 2.39. The van der Waals surface area contributed by atoms with Crippen LogP contribution < -0.4 is 0 Å². The van der Waals surface area contributed by atoms with E-state index in [4.69, 9.17) is 11.6 Å². The summed E-state index contributed by atoms with van der Waals surface area (Å²) in [6.45, 7) is 2.29. The van der Waals surface area contributed by atoms with E-state index in [0.29, 0.717) is 5.92 Å². The molecule has 1 fully saturated rings. The van der Waals surface area contributed by atoms with E-state index < -0.39 is 0 Å². The van der Waals surface area contributed by atoms with Gasteiger partial charge in [0.1, 0.15) is 5.82 Å². The molecular formula is C27H38ClF. The third-order valence-corrected chi connectivity index (χ3v) is 7.41. The van der Waals surface area contributed by atoms with Crippen molar-refractivity contribution in [2.75, 3.05) is 0 Å². The molecule has 0 spiro atoms. The summed E-state index contributed by atoms with van der Waals surface area (Å²) in [6, 6.07) is 5.12.